The number of nitrogens with zero attached hydrogens (tertiary/aromatic N) is 3. The van der Waals surface area contributed by atoms with Crippen LogP contribution in [0.25, 0.3) is 11.3 Å². The molecule has 0 radical (unpaired) electrons. The first kappa shape index (κ1) is 14.2. The third-order valence-electron chi connectivity index (χ3n) is 2.74. The van der Waals surface area contributed by atoms with Gasteiger partial charge in [-0.15, -0.1) is 0 Å². The molecule has 110 valence electrons. The van der Waals surface area contributed by atoms with Crippen molar-refractivity contribution in [1.29, 1.82) is 0 Å². The summed E-state index contributed by atoms with van der Waals surface area (Å²) in [6.45, 7) is 0. The Morgan fingerprint density at radius 2 is 1.90 bits per heavy atom. The summed E-state index contributed by atoms with van der Waals surface area (Å²) in [5.74, 6) is -0.744. The molecule has 2 rings (SSSR count). The molecule has 1 aromatic carbocycles. The number of carbonyl (C=O) groups excluding carboxylic acids is 1. The summed E-state index contributed by atoms with van der Waals surface area (Å²) >= 11 is 0. The molecule has 0 atom stereocenters. The van der Waals surface area contributed by atoms with Crippen LogP contribution in [0, 0.1) is 10.1 Å². The summed E-state index contributed by atoms with van der Waals surface area (Å²) in [7, 11) is 2.62. The van der Waals surface area contributed by atoms with Gasteiger partial charge in [-0.05, 0) is 12.1 Å². The second kappa shape index (κ2) is 5.45. The summed E-state index contributed by atoms with van der Waals surface area (Å²) < 4.78 is 10.1. The molecular formula is C11H11N5O5. The van der Waals surface area contributed by atoms with E-state index in [0.29, 0.717) is 0 Å². The molecule has 1 heterocycles. The highest BCUT2D eigenvalue weighted by Gasteiger charge is 2.31. The molecule has 3 N–H and O–H groups in total. The topological polar surface area (TPSA) is 146 Å². The van der Waals surface area contributed by atoms with E-state index in [-0.39, 0.29) is 28.5 Å². The Labute approximate surface area is 118 Å². The number of nitrogens with one attached hydrogen (secondary N) is 1. The van der Waals surface area contributed by atoms with Gasteiger partial charge in [-0.3, -0.25) is 14.9 Å². The van der Waals surface area contributed by atoms with Crippen molar-refractivity contribution in [3.63, 3.8) is 0 Å². The number of nitro groups is 1. The first-order valence-corrected chi connectivity index (χ1v) is 5.61. The Hall–Kier alpha value is -3.17. The molecule has 1 aromatic heterocycles. The molecule has 1 amide bonds. The number of methoxy groups -OCH3 is 2. The highest BCUT2D eigenvalue weighted by atomic mass is 16.6. The minimum atomic E-state index is -0.877. The van der Waals surface area contributed by atoms with Crippen molar-refractivity contribution >= 4 is 11.6 Å². The maximum absolute atomic E-state index is 11.3. The lowest BCUT2D eigenvalue weighted by molar-refractivity contribution is -0.385. The Balaban J connectivity index is 2.85. The van der Waals surface area contributed by atoms with Crippen LogP contribution in [0.5, 0.6) is 11.5 Å². The number of aromatic nitrogens is 3. The molecule has 0 spiro atoms. The van der Waals surface area contributed by atoms with E-state index in [0.717, 1.165) is 0 Å². The van der Waals surface area contributed by atoms with Crippen LogP contribution in [0.1, 0.15) is 10.5 Å². The number of primary amides is 1. The molecule has 10 heteroatoms. The number of nitro benzene ring substituents is 1. The number of hydrogen-bond acceptors (Lipinski definition) is 7. The largest absolute Gasteiger partial charge is 0.496 e. The minimum absolute atomic E-state index is 0.00535. The molecule has 21 heavy (non-hydrogen) atoms. The molecule has 0 aliphatic heterocycles. The smallest absolute Gasteiger partial charge is 0.324 e. The van der Waals surface area contributed by atoms with Crippen molar-refractivity contribution in [3.8, 4) is 22.8 Å². The zero-order valence-electron chi connectivity index (χ0n) is 11.1. The van der Waals surface area contributed by atoms with Crippen molar-refractivity contribution < 1.29 is 19.2 Å². The molecule has 0 aliphatic rings. The van der Waals surface area contributed by atoms with Crippen molar-refractivity contribution in [3.05, 3.63) is 27.9 Å². The lowest BCUT2D eigenvalue weighted by atomic mass is 10.1. The van der Waals surface area contributed by atoms with Gasteiger partial charge in [0.15, 0.2) is 11.4 Å². The molecular weight excluding hydrogens is 282 g/mol. The average Bonchev–Trinajstić information content (AvgIpc) is 2.94. The molecule has 2 aromatic rings. The van der Waals surface area contributed by atoms with Gasteiger partial charge in [0.1, 0.15) is 17.0 Å². The van der Waals surface area contributed by atoms with Crippen molar-refractivity contribution in [2.45, 2.75) is 0 Å². The zero-order valence-corrected chi connectivity index (χ0v) is 11.1. The fourth-order valence-corrected chi connectivity index (χ4v) is 1.88. The highest BCUT2D eigenvalue weighted by Crippen LogP contribution is 2.43. The Kier molecular flexibility index (Phi) is 3.69. The SMILES string of the molecule is COc1ccc(OC)c([N+](=O)[O-])c1-c1n[nH]nc1C(N)=O. The molecule has 0 saturated carbocycles. The standard InChI is InChI=1S/C11H11N5O5/c1-20-5-3-4-6(21-2)10(16(18)19)7(5)8-9(11(12)17)14-15-13-8/h3-4H,1-2H3,(H2,12,17)(H,13,14,15). The van der Waals surface area contributed by atoms with Crippen LogP contribution < -0.4 is 15.2 Å². The van der Waals surface area contributed by atoms with E-state index in [2.05, 4.69) is 15.4 Å². The number of nitrogens with two attached hydrogens (primary N) is 1. The summed E-state index contributed by atoms with van der Waals surface area (Å²) in [6.07, 6.45) is 0. The number of H-pyrrole nitrogens is 1. The van der Waals surface area contributed by atoms with Crippen LogP contribution >= 0.6 is 0 Å². The molecule has 0 bridgehead atoms. The number of hydrogen-bond donors (Lipinski definition) is 2. The molecule has 0 aliphatic carbocycles. The van der Waals surface area contributed by atoms with Gasteiger partial charge in [-0.2, -0.15) is 15.4 Å². The van der Waals surface area contributed by atoms with Crippen molar-refractivity contribution in [2.24, 2.45) is 5.73 Å². The van der Waals surface area contributed by atoms with Crippen LogP contribution in [0.15, 0.2) is 12.1 Å². The van der Waals surface area contributed by atoms with Crippen molar-refractivity contribution in [2.75, 3.05) is 14.2 Å². The fraction of sp³-hybridized carbons (Fsp3) is 0.182. The van der Waals surface area contributed by atoms with Gasteiger partial charge in [-0.1, -0.05) is 0 Å². The van der Waals surface area contributed by atoms with Gasteiger partial charge in [0.25, 0.3) is 5.91 Å². The Bertz CT molecular complexity index is 711. The monoisotopic (exact) mass is 293 g/mol. The number of rotatable bonds is 5. The first-order valence-electron chi connectivity index (χ1n) is 5.61. The van der Waals surface area contributed by atoms with Crippen LogP contribution in [0.3, 0.4) is 0 Å². The summed E-state index contributed by atoms with van der Waals surface area (Å²) in [4.78, 5) is 22.0. The van der Waals surface area contributed by atoms with E-state index < -0.39 is 16.5 Å². The van der Waals surface area contributed by atoms with Crippen LogP contribution in [-0.2, 0) is 0 Å². The van der Waals surface area contributed by atoms with Gasteiger partial charge >= 0.3 is 5.69 Å². The van der Waals surface area contributed by atoms with Crippen LogP contribution in [-0.4, -0.2) is 40.5 Å². The van der Waals surface area contributed by atoms with E-state index in [1.54, 1.807) is 0 Å². The van der Waals surface area contributed by atoms with Gasteiger partial charge in [0.2, 0.25) is 0 Å². The number of carbonyl (C=O) groups is 1. The maximum atomic E-state index is 11.3. The molecule has 10 nitrogen and oxygen atoms in total. The lowest BCUT2D eigenvalue weighted by Crippen LogP contribution is -2.13. The quantitative estimate of drug-likeness (QED) is 0.602. The minimum Gasteiger partial charge on any atom is -0.496 e. The molecule has 0 fully saturated rings. The fourth-order valence-electron chi connectivity index (χ4n) is 1.88. The second-order valence-electron chi connectivity index (χ2n) is 3.84. The van der Waals surface area contributed by atoms with E-state index in [4.69, 9.17) is 15.2 Å². The summed E-state index contributed by atoms with van der Waals surface area (Å²) in [5.41, 5.74) is 4.44. The lowest BCUT2D eigenvalue weighted by Gasteiger charge is -2.10. The van der Waals surface area contributed by atoms with E-state index in [1.165, 1.54) is 26.4 Å². The number of benzene rings is 1. The van der Waals surface area contributed by atoms with Gasteiger partial charge in [0.05, 0.1) is 19.1 Å². The Morgan fingerprint density at radius 1 is 1.29 bits per heavy atom. The maximum Gasteiger partial charge on any atom is 0.324 e. The normalized spacial score (nSPS) is 10.2. The number of amides is 1. The zero-order chi connectivity index (χ0) is 15.6. The summed E-state index contributed by atoms with van der Waals surface area (Å²) in [6, 6.07) is 2.84. The third kappa shape index (κ3) is 2.33. The predicted molar refractivity (Wildman–Crippen MR) is 70.1 cm³/mol. The van der Waals surface area contributed by atoms with E-state index >= 15 is 0 Å². The summed E-state index contributed by atoms with van der Waals surface area (Å²) in [5, 5.41) is 20.9. The highest BCUT2D eigenvalue weighted by molar-refractivity contribution is 5.99. The van der Waals surface area contributed by atoms with Gasteiger partial charge < -0.3 is 15.2 Å². The Morgan fingerprint density at radius 3 is 2.43 bits per heavy atom. The van der Waals surface area contributed by atoms with Crippen LogP contribution in [0.2, 0.25) is 0 Å². The van der Waals surface area contributed by atoms with Gasteiger partial charge in [-0.25, -0.2) is 0 Å². The average molecular weight is 293 g/mol. The predicted octanol–water partition coefficient (Wildman–Crippen LogP) is 0.496. The second-order valence-corrected chi connectivity index (χ2v) is 3.84. The van der Waals surface area contributed by atoms with Crippen LogP contribution in [0.4, 0.5) is 5.69 Å². The van der Waals surface area contributed by atoms with Gasteiger partial charge in [0, 0.05) is 0 Å². The molecule has 0 unspecified atom stereocenters. The number of aromatic amines is 1. The van der Waals surface area contributed by atoms with E-state index in [9.17, 15) is 14.9 Å². The number of ether oxygens (including phenoxy) is 2. The third-order valence-corrected chi connectivity index (χ3v) is 2.74. The van der Waals surface area contributed by atoms with Crippen molar-refractivity contribution in [1.82, 2.24) is 15.4 Å². The molecule has 0 saturated heterocycles. The first-order chi connectivity index (χ1) is 10.0. The van der Waals surface area contributed by atoms with E-state index in [1.807, 2.05) is 0 Å².